The van der Waals surface area contributed by atoms with Crippen molar-refractivity contribution in [1.82, 2.24) is 4.90 Å². The van der Waals surface area contributed by atoms with Crippen LogP contribution in [0.1, 0.15) is 43.5 Å². The van der Waals surface area contributed by atoms with Gasteiger partial charge >= 0.3 is 5.97 Å². The van der Waals surface area contributed by atoms with E-state index in [2.05, 4.69) is 17.1 Å². The predicted molar refractivity (Wildman–Crippen MR) is 165 cm³/mol. The van der Waals surface area contributed by atoms with Gasteiger partial charge in [0.2, 0.25) is 5.91 Å². The first-order chi connectivity index (χ1) is 19.9. The number of para-hydroxylation sites is 1. The molecule has 2 N–H and O–H groups in total. The molecule has 10 heteroatoms. The first-order valence-corrected chi connectivity index (χ1v) is 14.0. The third-order valence-corrected chi connectivity index (χ3v) is 6.09. The van der Waals surface area contributed by atoms with Gasteiger partial charge in [0.1, 0.15) is 28.6 Å². The van der Waals surface area contributed by atoms with E-state index in [4.69, 9.17) is 18.9 Å². The van der Waals surface area contributed by atoms with Crippen molar-refractivity contribution in [2.45, 2.75) is 33.1 Å². The average molecular weight is 601 g/mol. The zero-order valence-corrected chi connectivity index (χ0v) is 25.1. The Morgan fingerprint density at radius 1 is 0.857 bits per heavy atom. The Bertz CT molecular complexity index is 1200. The van der Waals surface area contributed by atoms with Gasteiger partial charge in [-0.05, 0) is 73.5 Å². The van der Waals surface area contributed by atoms with Gasteiger partial charge in [0.15, 0.2) is 0 Å². The van der Waals surface area contributed by atoms with Crippen molar-refractivity contribution in [3.05, 3.63) is 78.4 Å². The number of morpholine rings is 1. The van der Waals surface area contributed by atoms with E-state index in [9.17, 15) is 14.7 Å². The zero-order chi connectivity index (χ0) is 29.3. The fourth-order valence-corrected chi connectivity index (χ4v) is 3.89. The van der Waals surface area contributed by atoms with Gasteiger partial charge in [-0.25, -0.2) is 4.79 Å². The number of phenolic OH excluding ortho intramolecular Hbond substituents is 1. The lowest BCUT2D eigenvalue weighted by Crippen LogP contribution is -2.37. The highest BCUT2D eigenvalue weighted by molar-refractivity contribution is 5.94. The predicted octanol–water partition coefficient (Wildman–Crippen LogP) is 5.96. The van der Waals surface area contributed by atoms with Gasteiger partial charge in [-0.1, -0.05) is 25.5 Å². The molecule has 0 spiro atoms. The van der Waals surface area contributed by atoms with Gasteiger partial charge in [0, 0.05) is 32.2 Å². The maximum absolute atomic E-state index is 11.8. The summed E-state index contributed by atoms with van der Waals surface area (Å²) in [5, 5.41) is 12.2. The normalized spacial score (nSPS) is 12.6. The van der Waals surface area contributed by atoms with Crippen LogP contribution in [0, 0.1) is 0 Å². The second kappa shape index (κ2) is 19.4. The molecule has 3 aromatic carbocycles. The van der Waals surface area contributed by atoms with E-state index in [1.54, 1.807) is 36.4 Å². The fourth-order valence-electron chi connectivity index (χ4n) is 3.89. The molecule has 3 aromatic rings. The fraction of sp³-hybridized carbons (Fsp3) is 0.375. The van der Waals surface area contributed by atoms with Gasteiger partial charge in [-0.15, -0.1) is 12.4 Å². The number of amides is 1. The smallest absolute Gasteiger partial charge is 0.347 e. The number of phenols is 1. The summed E-state index contributed by atoms with van der Waals surface area (Å²) in [6, 6.07) is 20.4. The number of anilines is 1. The number of esters is 1. The number of carbonyl (C=O) groups is 2. The van der Waals surface area contributed by atoms with Crippen LogP contribution in [0.3, 0.4) is 0 Å². The minimum atomic E-state index is -0.643. The number of hydrogen-bond acceptors (Lipinski definition) is 8. The Kier molecular flexibility index (Phi) is 15.9. The Hall–Kier alpha value is -3.79. The first-order valence-electron chi connectivity index (χ1n) is 14.0. The van der Waals surface area contributed by atoms with Crippen LogP contribution >= 0.6 is 12.4 Å². The molecule has 228 valence electrons. The molecule has 0 saturated carbocycles. The quantitative estimate of drug-likeness (QED) is 0.149. The summed E-state index contributed by atoms with van der Waals surface area (Å²) in [4.78, 5) is 25.1. The van der Waals surface area contributed by atoms with E-state index in [1.165, 1.54) is 19.1 Å². The highest BCUT2D eigenvalue weighted by Crippen LogP contribution is 2.21. The first kappa shape index (κ1) is 34.4. The molecule has 9 nitrogen and oxygen atoms in total. The molecule has 0 unspecified atom stereocenters. The molecule has 0 aromatic heterocycles. The van der Waals surface area contributed by atoms with Crippen LogP contribution in [0.4, 0.5) is 5.69 Å². The molecule has 1 fully saturated rings. The van der Waals surface area contributed by atoms with E-state index in [0.29, 0.717) is 11.4 Å². The lowest BCUT2D eigenvalue weighted by Gasteiger charge is -2.26. The van der Waals surface area contributed by atoms with Crippen molar-refractivity contribution < 1.29 is 33.6 Å². The molecule has 1 heterocycles. The van der Waals surface area contributed by atoms with E-state index >= 15 is 0 Å². The van der Waals surface area contributed by atoms with Crippen molar-refractivity contribution >= 4 is 30.0 Å². The van der Waals surface area contributed by atoms with Gasteiger partial charge in [-0.2, -0.15) is 0 Å². The van der Waals surface area contributed by atoms with Crippen molar-refractivity contribution in [3.63, 3.8) is 0 Å². The molecule has 42 heavy (non-hydrogen) atoms. The Morgan fingerprint density at radius 2 is 1.43 bits per heavy atom. The Morgan fingerprint density at radius 3 is 2.00 bits per heavy atom. The van der Waals surface area contributed by atoms with Gasteiger partial charge in [0.05, 0.1) is 26.4 Å². The van der Waals surface area contributed by atoms with Gasteiger partial charge in [-0.3, -0.25) is 9.69 Å². The molecule has 1 aliphatic rings. The summed E-state index contributed by atoms with van der Waals surface area (Å²) in [5.41, 5.74) is 0.707. The molecule has 4 rings (SSSR count). The number of nitrogens with one attached hydrogen (secondary N) is 1. The van der Waals surface area contributed by atoms with Crippen LogP contribution in [-0.2, 0) is 9.53 Å². The summed E-state index contributed by atoms with van der Waals surface area (Å²) in [6.07, 6.45) is 3.30. The van der Waals surface area contributed by atoms with Crippen LogP contribution in [-0.4, -0.2) is 67.9 Å². The maximum atomic E-state index is 11.8. The number of rotatable bonds is 12. The summed E-state index contributed by atoms with van der Waals surface area (Å²) in [5.74, 6) is 1.21. The minimum absolute atomic E-state index is 0. The number of aromatic hydroxyl groups is 1. The van der Waals surface area contributed by atoms with Crippen LogP contribution < -0.4 is 19.5 Å². The number of halogens is 1. The van der Waals surface area contributed by atoms with E-state index in [0.717, 1.165) is 76.8 Å². The number of hydrogen-bond donors (Lipinski definition) is 2. The zero-order valence-electron chi connectivity index (χ0n) is 24.3. The van der Waals surface area contributed by atoms with E-state index in [-0.39, 0.29) is 29.6 Å². The number of unbranched alkanes of at least 4 members (excludes halogenated alkanes) is 1. The van der Waals surface area contributed by atoms with Crippen LogP contribution in [0.5, 0.6) is 23.0 Å². The van der Waals surface area contributed by atoms with Gasteiger partial charge in [0.25, 0.3) is 0 Å². The largest absolute Gasteiger partial charge is 0.507 e. The SMILES string of the molecule is CC(=O)Nc1ccc(OC(=O)c2ccccc2O)cc1.CCCCOc1ccc(OCCCN2CCOCC2)cc1.Cl. The second-order valence-electron chi connectivity index (χ2n) is 9.44. The lowest BCUT2D eigenvalue weighted by molar-refractivity contribution is -0.114. The third-order valence-electron chi connectivity index (χ3n) is 6.09. The van der Waals surface area contributed by atoms with Crippen LogP contribution in [0.2, 0.25) is 0 Å². The maximum Gasteiger partial charge on any atom is 0.347 e. The summed E-state index contributed by atoms with van der Waals surface area (Å²) in [6.45, 7) is 10.0. The number of benzene rings is 3. The van der Waals surface area contributed by atoms with Crippen molar-refractivity contribution in [2.75, 3.05) is 51.4 Å². The number of carbonyl (C=O) groups excluding carboxylic acids is 2. The monoisotopic (exact) mass is 600 g/mol. The standard InChI is InChI=1S/C17H27NO3.C15H13NO4.ClH/c1-2-3-12-20-16-5-7-17(8-6-16)21-13-4-9-18-10-14-19-15-11-18;1-10(17)16-11-6-8-12(9-7-11)20-15(19)13-4-2-3-5-14(13)18;/h5-8H,2-4,9-15H2,1H3;2-9,18H,1H3,(H,16,17);1H. The Balaban J connectivity index is 0.000000287. The van der Waals surface area contributed by atoms with Crippen molar-refractivity contribution in [2.24, 2.45) is 0 Å². The van der Waals surface area contributed by atoms with Crippen molar-refractivity contribution in [3.8, 4) is 23.0 Å². The summed E-state index contributed by atoms with van der Waals surface area (Å²) < 4.78 is 21.9. The summed E-state index contributed by atoms with van der Waals surface area (Å²) in [7, 11) is 0. The third kappa shape index (κ3) is 12.8. The molecule has 1 saturated heterocycles. The average Bonchev–Trinajstić information content (AvgIpc) is 2.98. The topological polar surface area (TPSA) is 107 Å². The molecule has 0 aliphatic carbocycles. The number of ether oxygens (including phenoxy) is 4. The molecular formula is C32H41ClN2O7. The molecule has 0 atom stereocenters. The lowest BCUT2D eigenvalue weighted by atomic mass is 10.2. The van der Waals surface area contributed by atoms with Crippen molar-refractivity contribution in [1.29, 1.82) is 0 Å². The molecule has 0 bridgehead atoms. The van der Waals surface area contributed by atoms with Gasteiger partial charge < -0.3 is 29.4 Å². The Labute approximate surface area is 254 Å². The number of nitrogens with zero attached hydrogens (tertiary/aromatic N) is 1. The van der Waals surface area contributed by atoms with Crippen LogP contribution in [0.25, 0.3) is 0 Å². The van der Waals surface area contributed by atoms with E-state index in [1.807, 2.05) is 24.3 Å². The van der Waals surface area contributed by atoms with E-state index < -0.39 is 5.97 Å². The van der Waals surface area contributed by atoms with Crippen LogP contribution in [0.15, 0.2) is 72.8 Å². The molecule has 0 radical (unpaired) electrons. The summed E-state index contributed by atoms with van der Waals surface area (Å²) >= 11 is 0. The second-order valence-corrected chi connectivity index (χ2v) is 9.44. The molecule has 1 amide bonds. The minimum Gasteiger partial charge on any atom is -0.507 e. The molecular weight excluding hydrogens is 560 g/mol. The molecule has 1 aliphatic heterocycles. The highest BCUT2D eigenvalue weighted by atomic mass is 35.5. The highest BCUT2D eigenvalue weighted by Gasteiger charge is 2.13.